The number of aliphatic carboxylic acids is 2. The fraction of sp³-hybridized carbons (Fsp3) is 0.389. The molecule has 0 fully saturated rings. The Morgan fingerprint density at radius 3 is 2.37 bits per heavy atom. The fourth-order valence-corrected chi connectivity index (χ4v) is 2.17. The summed E-state index contributed by atoms with van der Waals surface area (Å²) in [7, 11) is 3.63. The van der Waals surface area contributed by atoms with E-state index in [1.807, 2.05) is 0 Å². The van der Waals surface area contributed by atoms with Gasteiger partial charge in [0.05, 0.1) is 18.0 Å². The van der Waals surface area contributed by atoms with Gasteiger partial charge in [-0.2, -0.15) is 5.10 Å². The minimum Gasteiger partial charge on any atom is -0.496 e. The fourth-order valence-electron chi connectivity index (χ4n) is 2.17. The second-order valence-electron chi connectivity index (χ2n) is 6.04. The van der Waals surface area contributed by atoms with E-state index < -0.39 is 11.9 Å². The summed E-state index contributed by atoms with van der Waals surface area (Å²) in [6.45, 7) is 5.22. The quantitative estimate of drug-likeness (QED) is 0.630. The lowest BCUT2D eigenvalue weighted by molar-refractivity contribution is -0.134. The van der Waals surface area contributed by atoms with Gasteiger partial charge in [0.25, 0.3) is 0 Å². The van der Waals surface area contributed by atoms with Gasteiger partial charge >= 0.3 is 11.9 Å². The molecule has 148 valence electrons. The SMILES string of the molecule is COc1cc(F)cc2n[nH]c(CCN(C)C(C)C)c12.O=C(O)/C=C/C(=O)O. The van der Waals surface area contributed by atoms with Crippen LogP contribution in [0.1, 0.15) is 19.5 Å². The molecule has 2 rings (SSSR count). The predicted molar refractivity (Wildman–Crippen MR) is 98.5 cm³/mol. The van der Waals surface area contributed by atoms with Crippen LogP contribution >= 0.6 is 0 Å². The molecule has 1 aromatic heterocycles. The summed E-state index contributed by atoms with van der Waals surface area (Å²) >= 11 is 0. The zero-order valence-electron chi connectivity index (χ0n) is 15.7. The van der Waals surface area contributed by atoms with Gasteiger partial charge in [-0.1, -0.05) is 0 Å². The molecule has 1 heterocycles. The van der Waals surface area contributed by atoms with Crippen LogP contribution in [0, 0.1) is 5.82 Å². The van der Waals surface area contributed by atoms with Crippen LogP contribution in [-0.2, 0) is 16.0 Å². The normalized spacial score (nSPS) is 11.1. The van der Waals surface area contributed by atoms with E-state index in [1.165, 1.54) is 12.1 Å². The Morgan fingerprint density at radius 1 is 1.30 bits per heavy atom. The topological polar surface area (TPSA) is 116 Å². The number of methoxy groups -OCH3 is 1. The maximum Gasteiger partial charge on any atom is 0.328 e. The van der Waals surface area contributed by atoms with E-state index >= 15 is 0 Å². The van der Waals surface area contributed by atoms with Gasteiger partial charge in [0.1, 0.15) is 11.6 Å². The van der Waals surface area contributed by atoms with Crippen LogP contribution in [0.2, 0.25) is 0 Å². The van der Waals surface area contributed by atoms with Gasteiger partial charge in [0.2, 0.25) is 0 Å². The van der Waals surface area contributed by atoms with Gasteiger partial charge in [-0.25, -0.2) is 14.0 Å². The molecule has 0 unspecified atom stereocenters. The number of carbonyl (C=O) groups is 2. The van der Waals surface area contributed by atoms with Crippen molar-refractivity contribution >= 4 is 22.8 Å². The Kier molecular flexibility index (Phi) is 8.40. The van der Waals surface area contributed by atoms with Crippen LogP contribution in [0.5, 0.6) is 5.75 Å². The number of fused-ring (bicyclic) bond motifs is 1. The lowest BCUT2D eigenvalue weighted by Crippen LogP contribution is -2.28. The standard InChI is InChI=1S/C14H20FN3O.C4H4O4/c1-9(2)18(3)6-5-11-14-12(17-16-11)7-10(15)8-13(14)19-4;5-3(6)1-2-4(7)8/h7-9H,5-6H2,1-4H3,(H,16,17);1-2H,(H,5,6)(H,7,8)/b;2-1+. The maximum atomic E-state index is 13.4. The largest absolute Gasteiger partial charge is 0.496 e. The predicted octanol–water partition coefficient (Wildman–Crippen LogP) is 2.31. The van der Waals surface area contributed by atoms with Crippen molar-refractivity contribution in [3.8, 4) is 5.75 Å². The van der Waals surface area contributed by atoms with Gasteiger partial charge in [-0.3, -0.25) is 5.10 Å². The first-order valence-corrected chi connectivity index (χ1v) is 8.20. The van der Waals surface area contributed by atoms with E-state index in [4.69, 9.17) is 14.9 Å². The van der Waals surface area contributed by atoms with Crippen molar-refractivity contribution < 1.29 is 28.9 Å². The molecule has 0 aliphatic heterocycles. The minimum atomic E-state index is -1.26. The van der Waals surface area contributed by atoms with Crippen molar-refractivity contribution in [3.63, 3.8) is 0 Å². The molecule has 9 heteroatoms. The molecule has 0 aliphatic carbocycles. The Balaban J connectivity index is 0.000000387. The van der Waals surface area contributed by atoms with Gasteiger partial charge < -0.3 is 19.8 Å². The molecule has 0 saturated heterocycles. The second-order valence-corrected chi connectivity index (χ2v) is 6.04. The summed E-state index contributed by atoms with van der Waals surface area (Å²) in [6, 6.07) is 3.31. The van der Waals surface area contributed by atoms with Crippen LogP contribution in [-0.4, -0.2) is 64.0 Å². The van der Waals surface area contributed by atoms with Crippen LogP contribution in [0.25, 0.3) is 10.9 Å². The highest BCUT2D eigenvalue weighted by Crippen LogP contribution is 2.28. The van der Waals surface area contributed by atoms with Crippen molar-refractivity contribution in [1.82, 2.24) is 15.1 Å². The zero-order valence-corrected chi connectivity index (χ0v) is 15.7. The first kappa shape index (κ1) is 22.1. The van der Waals surface area contributed by atoms with Crippen molar-refractivity contribution in [2.45, 2.75) is 26.3 Å². The number of H-pyrrole nitrogens is 1. The van der Waals surface area contributed by atoms with Crippen LogP contribution in [0.15, 0.2) is 24.3 Å². The average molecular weight is 381 g/mol. The second kappa shape index (κ2) is 10.3. The van der Waals surface area contributed by atoms with Crippen molar-refractivity contribution in [1.29, 1.82) is 0 Å². The smallest absolute Gasteiger partial charge is 0.328 e. The molecule has 0 saturated carbocycles. The van der Waals surface area contributed by atoms with Crippen molar-refractivity contribution in [2.24, 2.45) is 0 Å². The third-order valence-corrected chi connectivity index (χ3v) is 3.84. The number of ether oxygens (including phenoxy) is 1. The van der Waals surface area contributed by atoms with E-state index in [1.54, 1.807) is 7.11 Å². The Labute approximate surface area is 156 Å². The van der Waals surface area contributed by atoms with E-state index in [0.717, 1.165) is 24.0 Å². The summed E-state index contributed by atoms with van der Waals surface area (Å²) in [5.41, 5.74) is 1.60. The van der Waals surface area contributed by atoms with Gasteiger partial charge in [-0.05, 0) is 20.9 Å². The van der Waals surface area contributed by atoms with E-state index in [9.17, 15) is 14.0 Å². The number of hydrogen-bond donors (Lipinski definition) is 3. The highest BCUT2D eigenvalue weighted by molar-refractivity contribution is 5.89. The zero-order chi connectivity index (χ0) is 20.6. The lowest BCUT2D eigenvalue weighted by Gasteiger charge is -2.20. The Hall–Kier alpha value is -2.94. The molecule has 0 radical (unpaired) electrons. The third kappa shape index (κ3) is 7.06. The van der Waals surface area contributed by atoms with Gasteiger partial charge in [0.15, 0.2) is 0 Å². The first-order chi connectivity index (χ1) is 12.6. The minimum absolute atomic E-state index is 0.332. The van der Waals surface area contributed by atoms with Gasteiger partial charge in [-0.15, -0.1) is 0 Å². The summed E-state index contributed by atoms with van der Waals surface area (Å²) in [5, 5.41) is 23.6. The van der Waals surface area contributed by atoms with Crippen LogP contribution in [0.3, 0.4) is 0 Å². The number of rotatable bonds is 7. The highest BCUT2D eigenvalue weighted by atomic mass is 19.1. The number of benzene rings is 1. The van der Waals surface area contributed by atoms with Gasteiger partial charge in [0, 0.05) is 49.0 Å². The van der Waals surface area contributed by atoms with Crippen molar-refractivity contribution in [2.75, 3.05) is 20.7 Å². The molecule has 0 amide bonds. The monoisotopic (exact) mass is 381 g/mol. The number of nitrogens with one attached hydrogen (secondary N) is 1. The van der Waals surface area contributed by atoms with E-state index in [0.29, 0.717) is 29.5 Å². The molecule has 8 nitrogen and oxygen atoms in total. The van der Waals surface area contributed by atoms with E-state index in [2.05, 4.69) is 36.0 Å². The molecule has 27 heavy (non-hydrogen) atoms. The molecular formula is C18H24FN3O5. The average Bonchev–Trinajstić information content (AvgIpc) is 3.00. The van der Waals surface area contributed by atoms with Crippen LogP contribution < -0.4 is 4.74 Å². The molecule has 0 aliphatic rings. The third-order valence-electron chi connectivity index (χ3n) is 3.84. The molecule has 0 spiro atoms. The van der Waals surface area contributed by atoms with Crippen molar-refractivity contribution in [3.05, 3.63) is 35.8 Å². The number of hydrogen-bond acceptors (Lipinski definition) is 5. The number of aromatic amines is 1. The summed E-state index contributed by atoms with van der Waals surface area (Å²) in [6.07, 6.45) is 1.94. The highest BCUT2D eigenvalue weighted by Gasteiger charge is 2.14. The number of carboxylic acids is 2. The molecular weight excluding hydrogens is 357 g/mol. The van der Waals surface area contributed by atoms with Crippen LogP contribution in [0.4, 0.5) is 4.39 Å². The number of likely N-dealkylation sites (N-methyl/N-ethyl adjacent to an activating group) is 1. The Morgan fingerprint density at radius 2 is 1.89 bits per heavy atom. The lowest BCUT2D eigenvalue weighted by atomic mass is 10.1. The summed E-state index contributed by atoms with van der Waals surface area (Å²) in [4.78, 5) is 21.4. The molecule has 0 atom stereocenters. The first-order valence-electron chi connectivity index (χ1n) is 8.20. The number of carboxylic acid groups (broad SMARTS) is 2. The molecule has 1 aromatic carbocycles. The number of nitrogens with zero attached hydrogens (tertiary/aromatic N) is 2. The maximum absolute atomic E-state index is 13.4. The van der Waals surface area contributed by atoms with E-state index in [-0.39, 0.29) is 5.82 Å². The Bertz CT molecular complexity index is 801. The molecule has 2 aromatic rings. The summed E-state index contributed by atoms with van der Waals surface area (Å²) < 4.78 is 18.6. The number of aromatic nitrogens is 2. The molecule has 0 bridgehead atoms. The molecule has 3 N–H and O–H groups in total. The summed E-state index contributed by atoms with van der Waals surface area (Å²) in [5.74, 6) is -2.31. The number of halogens is 1.